The fourth-order valence-electron chi connectivity index (χ4n) is 3.36. The predicted octanol–water partition coefficient (Wildman–Crippen LogP) is 3.79. The number of rotatable bonds is 6. The molecule has 0 bridgehead atoms. The molecular weight excluding hydrogens is 394 g/mol. The van der Waals surface area contributed by atoms with E-state index in [-0.39, 0.29) is 18.9 Å². The number of ether oxygens (including phenoxy) is 2. The molecule has 0 aromatic heterocycles. The van der Waals surface area contributed by atoms with Crippen molar-refractivity contribution in [1.29, 1.82) is 0 Å². The number of hydrogen-bond acceptors (Lipinski definition) is 5. The smallest absolute Gasteiger partial charge is 0.317 e. The lowest BCUT2D eigenvalue weighted by molar-refractivity contribution is 0.0590. The number of carbonyl (C=O) groups is 1. The van der Waals surface area contributed by atoms with E-state index in [9.17, 15) is 4.79 Å². The molecule has 0 radical (unpaired) electrons. The average Bonchev–Trinajstić information content (AvgIpc) is 3.36. The highest BCUT2D eigenvalue weighted by molar-refractivity contribution is 6.30. The zero-order valence-corrected chi connectivity index (χ0v) is 16.8. The quantitative estimate of drug-likeness (QED) is 0.779. The molecule has 2 heterocycles. The standard InChI is InChI=1S/C21H22ClN3O4/c1-2-23-21(26)25(11-14-4-3-5-16(22)8-14)12-17-10-18(24-29-17)15-6-7-19-20(9-15)28-13-27-19/h3-9,17H,2,10-13H2,1H3,(H,23,26). The molecule has 1 atom stereocenters. The molecule has 0 saturated heterocycles. The van der Waals surface area contributed by atoms with E-state index in [0.717, 1.165) is 22.6 Å². The van der Waals surface area contributed by atoms with Gasteiger partial charge in [0.15, 0.2) is 17.6 Å². The maximum atomic E-state index is 12.6. The molecule has 2 amide bonds. The molecule has 1 unspecified atom stereocenters. The van der Waals surface area contributed by atoms with Crippen LogP contribution in [0.2, 0.25) is 5.02 Å². The van der Waals surface area contributed by atoms with E-state index in [1.54, 1.807) is 4.90 Å². The van der Waals surface area contributed by atoms with Crippen molar-refractivity contribution >= 4 is 23.3 Å². The molecule has 4 rings (SSSR count). The second-order valence-electron chi connectivity index (χ2n) is 6.88. The lowest BCUT2D eigenvalue weighted by atomic mass is 10.0. The predicted molar refractivity (Wildman–Crippen MR) is 110 cm³/mol. The molecular formula is C21H22ClN3O4. The molecule has 0 spiro atoms. The van der Waals surface area contributed by atoms with Crippen LogP contribution in [0.25, 0.3) is 0 Å². The minimum atomic E-state index is -0.225. The molecule has 8 heteroatoms. The zero-order chi connectivity index (χ0) is 20.2. The Morgan fingerprint density at radius 1 is 1.24 bits per heavy atom. The van der Waals surface area contributed by atoms with E-state index in [2.05, 4.69) is 10.5 Å². The van der Waals surface area contributed by atoms with Crippen molar-refractivity contribution in [3.63, 3.8) is 0 Å². The van der Waals surface area contributed by atoms with Gasteiger partial charge in [-0.05, 0) is 42.8 Å². The van der Waals surface area contributed by atoms with Gasteiger partial charge in [0.1, 0.15) is 0 Å². The summed E-state index contributed by atoms with van der Waals surface area (Å²) < 4.78 is 10.8. The molecule has 0 fully saturated rings. The van der Waals surface area contributed by atoms with Crippen molar-refractivity contribution in [2.24, 2.45) is 5.16 Å². The van der Waals surface area contributed by atoms with Gasteiger partial charge in [-0.25, -0.2) is 4.79 Å². The summed E-state index contributed by atoms with van der Waals surface area (Å²) in [5.41, 5.74) is 2.71. The van der Waals surface area contributed by atoms with Gasteiger partial charge in [0.2, 0.25) is 6.79 Å². The first-order valence-corrected chi connectivity index (χ1v) is 9.90. The first kappa shape index (κ1) is 19.4. The highest BCUT2D eigenvalue weighted by Gasteiger charge is 2.27. The summed E-state index contributed by atoms with van der Waals surface area (Å²) in [4.78, 5) is 19.9. The highest BCUT2D eigenvalue weighted by atomic mass is 35.5. The van der Waals surface area contributed by atoms with Crippen molar-refractivity contribution in [2.75, 3.05) is 19.9 Å². The third kappa shape index (κ3) is 4.56. The van der Waals surface area contributed by atoms with E-state index in [1.807, 2.05) is 49.4 Å². The number of urea groups is 1. The van der Waals surface area contributed by atoms with Crippen LogP contribution in [0.15, 0.2) is 47.6 Å². The van der Waals surface area contributed by atoms with Crippen LogP contribution in [-0.4, -0.2) is 42.6 Å². The Hall–Kier alpha value is -2.93. The van der Waals surface area contributed by atoms with Crippen LogP contribution in [0.3, 0.4) is 0 Å². The van der Waals surface area contributed by atoms with Gasteiger partial charge in [-0.2, -0.15) is 0 Å². The lowest BCUT2D eigenvalue weighted by Crippen LogP contribution is -2.43. The zero-order valence-electron chi connectivity index (χ0n) is 16.1. The fraction of sp³-hybridized carbons (Fsp3) is 0.333. The second-order valence-corrected chi connectivity index (χ2v) is 7.32. The van der Waals surface area contributed by atoms with Crippen LogP contribution in [0, 0.1) is 0 Å². The minimum absolute atomic E-state index is 0.146. The number of nitrogens with zero attached hydrogens (tertiary/aromatic N) is 2. The number of hydrogen-bond donors (Lipinski definition) is 1. The largest absolute Gasteiger partial charge is 0.454 e. The summed E-state index contributed by atoms with van der Waals surface area (Å²) in [6.07, 6.45) is 0.377. The molecule has 7 nitrogen and oxygen atoms in total. The Labute approximate surface area is 174 Å². The number of halogens is 1. The Balaban J connectivity index is 1.42. The first-order valence-electron chi connectivity index (χ1n) is 9.52. The molecule has 2 aliphatic rings. The van der Waals surface area contributed by atoms with Gasteiger partial charge < -0.3 is 24.5 Å². The van der Waals surface area contributed by atoms with Gasteiger partial charge in [-0.15, -0.1) is 0 Å². The Bertz CT molecular complexity index is 934. The number of benzene rings is 2. The van der Waals surface area contributed by atoms with Crippen molar-refractivity contribution in [2.45, 2.75) is 26.0 Å². The monoisotopic (exact) mass is 415 g/mol. The third-order valence-electron chi connectivity index (χ3n) is 4.74. The fourth-order valence-corrected chi connectivity index (χ4v) is 3.57. The number of amides is 2. The molecule has 2 aromatic rings. The van der Waals surface area contributed by atoms with Crippen LogP contribution < -0.4 is 14.8 Å². The molecule has 0 saturated carbocycles. The van der Waals surface area contributed by atoms with Crippen molar-refractivity contribution < 1.29 is 19.1 Å². The van der Waals surface area contributed by atoms with Crippen LogP contribution in [-0.2, 0) is 11.4 Å². The first-order chi connectivity index (χ1) is 14.1. The van der Waals surface area contributed by atoms with Crippen molar-refractivity contribution in [3.05, 3.63) is 58.6 Å². The topological polar surface area (TPSA) is 72.4 Å². The molecule has 2 aliphatic heterocycles. The van der Waals surface area contributed by atoms with Crippen LogP contribution in [0.4, 0.5) is 4.79 Å². The maximum Gasteiger partial charge on any atom is 0.317 e. The summed E-state index contributed by atoms with van der Waals surface area (Å²) in [5.74, 6) is 1.44. The van der Waals surface area contributed by atoms with E-state index in [1.165, 1.54) is 0 Å². The normalized spacial score (nSPS) is 16.9. The number of fused-ring (bicyclic) bond motifs is 1. The third-order valence-corrected chi connectivity index (χ3v) is 4.98. The SMILES string of the molecule is CCNC(=O)N(Cc1cccc(Cl)c1)CC1CC(c2ccc3c(c2)OCO3)=NO1. The van der Waals surface area contributed by atoms with Gasteiger partial charge in [0.25, 0.3) is 0 Å². The summed E-state index contributed by atoms with van der Waals surface area (Å²) in [5, 5.41) is 7.73. The minimum Gasteiger partial charge on any atom is -0.454 e. The van der Waals surface area contributed by atoms with E-state index < -0.39 is 0 Å². The number of nitrogens with one attached hydrogen (secondary N) is 1. The van der Waals surface area contributed by atoms with Gasteiger partial charge in [-0.3, -0.25) is 0 Å². The van der Waals surface area contributed by atoms with Gasteiger partial charge in [-0.1, -0.05) is 28.9 Å². The van der Waals surface area contributed by atoms with Crippen molar-refractivity contribution in [3.8, 4) is 11.5 Å². The van der Waals surface area contributed by atoms with Crippen molar-refractivity contribution in [1.82, 2.24) is 10.2 Å². The van der Waals surface area contributed by atoms with Gasteiger partial charge in [0.05, 0.1) is 12.3 Å². The van der Waals surface area contributed by atoms with Crippen LogP contribution >= 0.6 is 11.6 Å². The van der Waals surface area contributed by atoms with E-state index in [4.69, 9.17) is 25.9 Å². The second kappa shape index (κ2) is 8.61. The summed E-state index contributed by atoms with van der Waals surface area (Å²) in [6.45, 7) is 3.52. The number of carbonyl (C=O) groups excluding carboxylic acids is 1. The number of oxime groups is 1. The van der Waals surface area contributed by atoms with E-state index in [0.29, 0.717) is 36.8 Å². The van der Waals surface area contributed by atoms with Gasteiger partial charge in [0, 0.05) is 30.1 Å². The molecule has 152 valence electrons. The van der Waals surface area contributed by atoms with Gasteiger partial charge >= 0.3 is 6.03 Å². The van der Waals surface area contributed by atoms with Crippen LogP contribution in [0.1, 0.15) is 24.5 Å². The van der Waals surface area contributed by atoms with Crippen LogP contribution in [0.5, 0.6) is 11.5 Å². The molecule has 2 aromatic carbocycles. The Kier molecular flexibility index (Phi) is 5.76. The summed E-state index contributed by atoms with van der Waals surface area (Å²) in [7, 11) is 0. The lowest BCUT2D eigenvalue weighted by Gasteiger charge is -2.25. The highest BCUT2D eigenvalue weighted by Crippen LogP contribution is 2.33. The Morgan fingerprint density at radius 2 is 2.10 bits per heavy atom. The molecule has 1 N–H and O–H groups in total. The molecule has 0 aliphatic carbocycles. The Morgan fingerprint density at radius 3 is 2.93 bits per heavy atom. The molecule has 29 heavy (non-hydrogen) atoms. The summed E-state index contributed by atoms with van der Waals surface area (Å²) in [6, 6.07) is 13.1. The summed E-state index contributed by atoms with van der Waals surface area (Å²) >= 11 is 6.09. The van der Waals surface area contributed by atoms with E-state index >= 15 is 0 Å². The average molecular weight is 416 g/mol. The maximum absolute atomic E-state index is 12.6.